The fraction of sp³-hybridized carbons (Fsp3) is 0.296. The molecule has 196 valence electrons. The number of nitriles is 2. The number of halogens is 3. The van der Waals surface area contributed by atoms with Crippen LogP contribution in [0.15, 0.2) is 53.7 Å². The maximum Gasteiger partial charge on any atom is 0.416 e. The minimum atomic E-state index is -4.65. The zero-order valence-electron chi connectivity index (χ0n) is 21.3. The van der Waals surface area contributed by atoms with E-state index in [0.717, 1.165) is 28.0 Å². The number of hydrogen-bond donors (Lipinski definition) is 1. The Morgan fingerprint density at radius 3 is 2.29 bits per heavy atom. The molecule has 2 aromatic carbocycles. The van der Waals surface area contributed by atoms with E-state index >= 15 is 0 Å². The summed E-state index contributed by atoms with van der Waals surface area (Å²) in [5, 5.41) is 21.3. The van der Waals surface area contributed by atoms with E-state index in [1.165, 1.54) is 59.0 Å². The number of nitrogens with zero attached hydrogens (tertiary/aromatic N) is 4. The Kier molecular flexibility index (Phi) is 7.37. The summed E-state index contributed by atoms with van der Waals surface area (Å²) in [7, 11) is 1.36. The third-order valence-electron chi connectivity index (χ3n) is 6.12. The lowest BCUT2D eigenvalue weighted by Crippen LogP contribution is -2.49. The van der Waals surface area contributed by atoms with Gasteiger partial charge in [-0.3, -0.25) is 14.5 Å². The number of ketones is 1. The van der Waals surface area contributed by atoms with Gasteiger partial charge < -0.3 is 10.2 Å². The fourth-order valence-electron chi connectivity index (χ4n) is 4.30. The van der Waals surface area contributed by atoms with E-state index in [0.29, 0.717) is 0 Å². The SMILES string of the molecule is CC(=O)C1=C(C)N(c2cccc(C(F)(F)F)c2)C(=O)N(C)C1c1ccc(C#N)cc1C(=O)NC(C)(C)C#N. The van der Waals surface area contributed by atoms with Crippen LogP contribution in [0.5, 0.6) is 0 Å². The van der Waals surface area contributed by atoms with E-state index in [9.17, 15) is 38.1 Å². The number of anilines is 1. The van der Waals surface area contributed by atoms with Crippen molar-refractivity contribution in [1.82, 2.24) is 10.2 Å². The largest absolute Gasteiger partial charge is 0.416 e. The second-order valence-corrected chi connectivity index (χ2v) is 9.34. The number of nitrogens with one attached hydrogen (secondary N) is 1. The van der Waals surface area contributed by atoms with E-state index in [2.05, 4.69) is 5.32 Å². The van der Waals surface area contributed by atoms with Crippen molar-refractivity contribution in [1.29, 1.82) is 10.5 Å². The molecule has 0 radical (unpaired) electrons. The number of urea groups is 1. The van der Waals surface area contributed by atoms with Crippen molar-refractivity contribution >= 4 is 23.4 Å². The van der Waals surface area contributed by atoms with Crippen LogP contribution in [-0.4, -0.2) is 35.2 Å². The van der Waals surface area contributed by atoms with Gasteiger partial charge in [-0.05, 0) is 63.6 Å². The van der Waals surface area contributed by atoms with Crippen LogP contribution >= 0.6 is 0 Å². The third-order valence-corrected chi connectivity index (χ3v) is 6.12. The van der Waals surface area contributed by atoms with Crippen molar-refractivity contribution < 1.29 is 27.6 Å². The van der Waals surface area contributed by atoms with Crippen molar-refractivity contribution in [2.75, 3.05) is 11.9 Å². The standard InChI is InChI=1S/C27H24F3N5O3/c1-15-22(16(2)36)23(20-10-9-17(13-31)11-21(20)24(37)33-26(3,4)14-32)34(5)25(38)35(15)19-8-6-7-18(12-19)27(28,29)30/h6-12,23H,1-5H3,(H,33,37). The highest BCUT2D eigenvalue weighted by molar-refractivity contribution is 6.06. The molecule has 0 bridgehead atoms. The maximum atomic E-state index is 13.6. The average molecular weight is 524 g/mol. The molecule has 1 unspecified atom stereocenters. The lowest BCUT2D eigenvalue weighted by Gasteiger charge is -2.41. The first-order valence-corrected chi connectivity index (χ1v) is 11.4. The van der Waals surface area contributed by atoms with E-state index < -0.39 is 41.0 Å². The zero-order chi connectivity index (χ0) is 28.6. The lowest BCUT2D eigenvalue weighted by molar-refractivity contribution is -0.137. The van der Waals surface area contributed by atoms with Gasteiger partial charge in [-0.25, -0.2) is 4.79 Å². The number of likely N-dealkylation sites (N-methyl/N-ethyl adjacent to an activating group) is 1. The summed E-state index contributed by atoms with van der Waals surface area (Å²) < 4.78 is 40.1. The van der Waals surface area contributed by atoms with Crippen LogP contribution in [0.1, 0.15) is 60.8 Å². The predicted molar refractivity (Wildman–Crippen MR) is 132 cm³/mol. The number of carbonyl (C=O) groups is 3. The van der Waals surface area contributed by atoms with Gasteiger partial charge in [0.2, 0.25) is 0 Å². The molecule has 2 aromatic rings. The highest BCUT2D eigenvalue weighted by Crippen LogP contribution is 2.41. The molecule has 3 rings (SSSR count). The van der Waals surface area contributed by atoms with Gasteiger partial charge >= 0.3 is 12.2 Å². The number of rotatable bonds is 5. The molecule has 8 nitrogen and oxygen atoms in total. The van der Waals surface area contributed by atoms with Crippen molar-refractivity contribution in [2.24, 2.45) is 0 Å². The highest BCUT2D eigenvalue weighted by atomic mass is 19.4. The Balaban J connectivity index is 2.25. The molecule has 38 heavy (non-hydrogen) atoms. The Morgan fingerprint density at radius 2 is 1.74 bits per heavy atom. The normalized spacial score (nSPS) is 16.2. The van der Waals surface area contributed by atoms with Gasteiger partial charge in [-0.15, -0.1) is 0 Å². The first-order chi connectivity index (χ1) is 17.6. The fourth-order valence-corrected chi connectivity index (χ4v) is 4.30. The van der Waals surface area contributed by atoms with Crippen LogP contribution in [0, 0.1) is 22.7 Å². The molecule has 0 aromatic heterocycles. The second-order valence-electron chi connectivity index (χ2n) is 9.34. The van der Waals surface area contributed by atoms with Gasteiger partial charge in [0.1, 0.15) is 5.54 Å². The van der Waals surface area contributed by atoms with Crippen LogP contribution in [0.4, 0.5) is 23.7 Å². The smallest absolute Gasteiger partial charge is 0.334 e. The van der Waals surface area contributed by atoms with Gasteiger partial charge in [0.15, 0.2) is 5.78 Å². The topological polar surface area (TPSA) is 117 Å². The van der Waals surface area contributed by atoms with Gasteiger partial charge in [-0.1, -0.05) is 12.1 Å². The molecule has 1 heterocycles. The summed E-state index contributed by atoms with van der Waals surface area (Å²) in [5.74, 6) is -1.18. The molecule has 1 N–H and O–H groups in total. The van der Waals surface area contributed by atoms with Gasteiger partial charge in [0.25, 0.3) is 5.91 Å². The van der Waals surface area contributed by atoms with Crippen molar-refractivity contribution in [2.45, 2.75) is 45.5 Å². The summed E-state index contributed by atoms with van der Waals surface area (Å²) in [6.45, 7) is 5.65. The molecule has 11 heteroatoms. The van der Waals surface area contributed by atoms with Crippen molar-refractivity contribution in [3.05, 3.63) is 76.0 Å². The number of alkyl halides is 3. The third kappa shape index (κ3) is 5.23. The van der Waals surface area contributed by atoms with E-state index in [1.54, 1.807) is 0 Å². The number of Topliss-reactive ketones (excluding diaryl/α,β-unsaturated/α-hetero) is 1. The van der Waals surface area contributed by atoms with Gasteiger partial charge in [-0.2, -0.15) is 23.7 Å². The molecular formula is C27H24F3N5O3. The van der Waals surface area contributed by atoms with Gasteiger partial charge in [0.05, 0.1) is 35.0 Å². The molecule has 0 fully saturated rings. The molecule has 0 saturated heterocycles. The second kappa shape index (κ2) is 10.0. The zero-order valence-corrected chi connectivity index (χ0v) is 21.3. The van der Waals surface area contributed by atoms with Crippen LogP contribution in [0.3, 0.4) is 0 Å². The van der Waals surface area contributed by atoms with Crippen molar-refractivity contribution in [3.63, 3.8) is 0 Å². The van der Waals surface area contributed by atoms with Crippen LogP contribution < -0.4 is 10.2 Å². The molecule has 3 amide bonds. The molecule has 1 aliphatic heterocycles. The number of benzene rings is 2. The minimum absolute atomic E-state index is 0.0314. The monoisotopic (exact) mass is 523 g/mol. The van der Waals surface area contributed by atoms with Crippen LogP contribution in [-0.2, 0) is 11.0 Å². The summed E-state index contributed by atoms with van der Waals surface area (Å²) >= 11 is 0. The Hall–Kier alpha value is -4.64. The summed E-state index contributed by atoms with van der Waals surface area (Å²) in [6.07, 6.45) is -4.65. The molecule has 0 saturated carbocycles. The van der Waals surface area contributed by atoms with E-state index in [1.807, 2.05) is 12.1 Å². The van der Waals surface area contributed by atoms with Crippen molar-refractivity contribution in [3.8, 4) is 12.1 Å². The first-order valence-electron chi connectivity index (χ1n) is 11.4. The molecule has 0 spiro atoms. The molecule has 1 aliphatic rings. The Bertz CT molecular complexity index is 1450. The molecular weight excluding hydrogens is 499 g/mol. The van der Waals surface area contributed by atoms with E-state index in [4.69, 9.17) is 0 Å². The summed E-state index contributed by atoms with van der Waals surface area (Å²) in [4.78, 5) is 41.9. The Morgan fingerprint density at radius 1 is 1.08 bits per heavy atom. The first kappa shape index (κ1) is 27.9. The van der Waals surface area contributed by atoms with Gasteiger partial charge in [0, 0.05) is 23.9 Å². The molecule has 0 aliphatic carbocycles. The number of allylic oxidation sites excluding steroid dienone is 1. The predicted octanol–water partition coefficient (Wildman–Crippen LogP) is 5.09. The van der Waals surface area contributed by atoms with Crippen LogP contribution in [0.25, 0.3) is 0 Å². The number of amides is 3. The minimum Gasteiger partial charge on any atom is -0.334 e. The highest BCUT2D eigenvalue weighted by Gasteiger charge is 2.41. The lowest BCUT2D eigenvalue weighted by atomic mass is 9.87. The maximum absolute atomic E-state index is 13.6. The summed E-state index contributed by atoms with van der Waals surface area (Å²) in [5.41, 5.74) is -1.83. The van der Waals surface area contributed by atoms with Crippen LogP contribution in [0.2, 0.25) is 0 Å². The average Bonchev–Trinajstić information content (AvgIpc) is 2.85. The molecule has 1 atom stereocenters. The Labute approximate surface area is 217 Å². The van der Waals surface area contributed by atoms with E-state index in [-0.39, 0.29) is 33.6 Å². The quantitative estimate of drug-likeness (QED) is 0.586. The number of hydrogen-bond acceptors (Lipinski definition) is 5. The number of carbonyl (C=O) groups excluding carboxylic acids is 3. The summed E-state index contributed by atoms with van der Waals surface area (Å²) in [6, 6.07) is 10.4.